The molecule has 4 N–H and O–H groups in total. The fourth-order valence-electron chi connectivity index (χ4n) is 1.96. The van der Waals surface area contributed by atoms with Crippen LogP contribution in [0.3, 0.4) is 0 Å². The Hall–Kier alpha value is -0.853. The Morgan fingerprint density at radius 1 is 0.842 bits per heavy atom. The highest BCUT2D eigenvalue weighted by atomic mass is 28.3. The van der Waals surface area contributed by atoms with Crippen LogP contribution in [-0.2, 0) is 14.4 Å². The van der Waals surface area contributed by atoms with Crippen molar-refractivity contribution in [2.45, 2.75) is 66.1 Å². The largest absolute Gasteiger partial charge is 0.316 e. The summed E-state index contributed by atoms with van der Waals surface area (Å²) in [7, 11) is -3.00. The predicted molar refractivity (Wildman–Crippen MR) is 80.0 cm³/mol. The van der Waals surface area contributed by atoms with Crippen LogP contribution in [0.25, 0.3) is 0 Å². The third kappa shape index (κ3) is 5.75. The van der Waals surface area contributed by atoms with Gasteiger partial charge in [-0.1, -0.05) is 27.7 Å². The molecule has 6 heteroatoms. The summed E-state index contributed by atoms with van der Waals surface area (Å²) in [6.45, 7) is 8.70. The molecule has 0 amide bonds. The monoisotopic (exact) mass is 288 g/mol. The number of hydrogen-bond acceptors (Lipinski definition) is 5. The molecule has 112 valence electrons. The molecule has 0 heterocycles. The lowest BCUT2D eigenvalue weighted by Crippen LogP contribution is -2.58. The quantitative estimate of drug-likeness (QED) is 0.542. The second-order valence-electron chi connectivity index (χ2n) is 4.45. The summed E-state index contributed by atoms with van der Waals surface area (Å²) < 4.78 is 0. The molecule has 0 saturated carbocycles. The van der Waals surface area contributed by atoms with Gasteiger partial charge in [0.1, 0.15) is 16.2 Å². The molecule has 0 atom stereocenters. The Morgan fingerprint density at radius 2 is 1.05 bits per heavy atom. The van der Waals surface area contributed by atoms with Crippen LogP contribution in [0.15, 0.2) is 0 Å². The molecule has 0 unspecified atom stereocenters. The zero-order chi connectivity index (χ0) is 15.6. The van der Waals surface area contributed by atoms with Crippen LogP contribution >= 0.6 is 0 Å². The van der Waals surface area contributed by atoms with Gasteiger partial charge in [0.15, 0.2) is 0 Å². The van der Waals surface area contributed by atoms with Crippen molar-refractivity contribution in [3.05, 3.63) is 0 Å². The summed E-state index contributed by atoms with van der Waals surface area (Å²) in [6, 6.07) is 0.430. The smallest absolute Gasteiger partial charge is 0.279 e. The zero-order valence-electron chi connectivity index (χ0n) is 12.8. The van der Waals surface area contributed by atoms with Gasteiger partial charge < -0.3 is 25.9 Å². The van der Waals surface area contributed by atoms with Crippen LogP contribution in [0, 0.1) is 0 Å². The molecule has 0 radical (unpaired) electrons. The van der Waals surface area contributed by atoms with Gasteiger partial charge in [-0.15, -0.1) is 0 Å². The molecule has 0 aliphatic heterocycles. The number of hydrogen-bond donors (Lipinski definition) is 2. The molecule has 5 nitrogen and oxygen atoms in total. The summed E-state index contributed by atoms with van der Waals surface area (Å²) in [5.41, 5.74) is 9.78. The van der Waals surface area contributed by atoms with Crippen molar-refractivity contribution in [1.29, 1.82) is 0 Å². The van der Waals surface area contributed by atoms with Crippen molar-refractivity contribution < 1.29 is 14.4 Å². The summed E-state index contributed by atoms with van der Waals surface area (Å²) >= 11 is 0. The van der Waals surface area contributed by atoms with Gasteiger partial charge in [-0.05, 0) is 32.2 Å². The first-order valence-electron chi connectivity index (χ1n) is 6.85. The first kappa shape index (κ1) is 20.5. The first-order valence-corrected chi connectivity index (χ1v) is 9.06. The minimum atomic E-state index is -3.00. The number of carbonyl (C=O) groups is 3. The van der Waals surface area contributed by atoms with E-state index in [0.717, 1.165) is 0 Å². The van der Waals surface area contributed by atoms with Crippen molar-refractivity contribution in [2.24, 2.45) is 11.5 Å². The molecular weight excluding hydrogens is 260 g/mol. The van der Waals surface area contributed by atoms with Crippen molar-refractivity contribution in [2.75, 3.05) is 0 Å². The molecule has 0 aromatic heterocycles. The van der Waals surface area contributed by atoms with Gasteiger partial charge in [-0.25, -0.2) is 0 Å². The molecule has 0 aliphatic rings. The third-order valence-electron chi connectivity index (χ3n) is 2.92. The van der Waals surface area contributed by atoms with Crippen LogP contribution in [0.4, 0.5) is 0 Å². The standard InChI is InChI=1S/C11H20O3Si.C2H8N2/c1-5-9(12)15(8-4,10(13)6-2)11(14)7-3;1-2(3)4/h5-8H2,1-4H3;2H,3-4H2,1H3. The van der Waals surface area contributed by atoms with Crippen molar-refractivity contribution >= 4 is 24.3 Å². The summed E-state index contributed by atoms with van der Waals surface area (Å²) in [6.07, 6.45) is 0.743. The van der Waals surface area contributed by atoms with Gasteiger partial charge in [0, 0.05) is 6.17 Å². The zero-order valence-corrected chi connectivity index (χ0v) is 13.8. The molecule has 0 fully saturated rings. The molecular formula is C13H28N2O3Si. The number of rotatable bonds is 7. The summed E-state index contributed by atoms with van der Waals surface area (Å²) in [5, 5.41) is -0.281. The van der Waals surface area contributed by atoms with E-state index in [1.807, 2.05) is 0 Å². The fourth-order valence-corrected chi connectivity index (χ4v) is 5.89. The third-order valence-corrected chi connectivity index (χ3v) is 7.90. The van der Waals surface area contributed by atoms with Gasteiger partial charge >= 0.3 is 0 Å². The molecule has 0 rings (SSSR count). The minimum absolute atomic E-state index is 0.0938. The number of nitrogens with two attached hydrogens (primary N) is 2. The fraction of sp³-hybridized carbons (Fsp3) is 0.769. The molecule has 0 bridgehead atoms. The van der Waals surface area contributed by atoms with Crippen molar-refractivity contribution in [3.8, 4) is 0 Å². The van der Waals surface area contributed by atoms with Gasteiger partial charge in [-0.2, -0.15) is 0 Å². The Morgan fingerprint density at radius 3 is 1.16 bits per heavy atom. The Labute approximate surface area is 117 Å². The second-order valence-corrected chi connectivity index (χ2v) is 8.64. The lowest BCUT2D eigenvalue weighted by Gasteiger charge is -2.24. The Kier molecular flexibility index (Phi) is 10.8. The van der Waals surface area contributed by atoms with E-state index in [-0.39, 0.29) is 22.4 Å². The topological polar surface area (TPSA) is 103 Å². The molecule has 0 aliphatic carbocycles. The van der Waals surface area contributed by atoms with E-state index in [0.29, 0.717) is 25.3 Å². The minimum Gasteiger partial charge on any atom is -0.316 e. The average molecular weight is 288 g/mol. The maximum Gasteiger partial charge on any atom is 0.279 e. The molecule has 0 aromatic carbocycles. The predicted octanol–water partition coefficient (Wildman–Crippen LogP) is 1.26. The molecule has 0 aromatic rings. The van der Waals surface area contributed by atoms with E-state index in [1.165, 1.54) is 0 Å². The first-order chi connectivity index (χ1) is 8.74. The van der Waals surface area contributed by atoms with Gasteiger partial charge in [0.05, 0.1) is 0 Å². The van der Waals surface area contributed by atoms with E-state index in [4.69, 9.17) is 11.5 Å². The van der Waals surface area contributed by atoms with Crippen LogP contribution < -0.4 is 11.5 Å². The van der Waals surface area contributed by atoms with Crippen LogP contribution in [-0.4, -0.2) is 30.5 Å². The second kappa shape index (κ2) is 10.00. The lowest BCUT2D eigenvalue weighted by atomic mass is 10.5. The van der Waals surface area contributed by atoms with Crippen LogP contribution in [0.1, 0.15) is 53.9 Å². The Bertz CT molecular complexity index is 273. The maximum atomic E-state index is 11.9. The van der Waals surface area contributed by atoms with Gasteiger partial charge in [0.25, 0.3) is 8.07 Å². The summed E-state index contributed by atoms with van der Waals surface area (Å²) in [4.78, 5) is 35.7. The van der Waals surface area contributed by atoms with Crippen molar-refractivity contribution in [1.82, 2.24) is 0 Å². The summed E-state index contributed by atoms with van der Waals surface area (Å²) in [5.74, 6) is 0. The normalized spacial score (nSPS) is 10.7. The highest BCUT2D eigenvalue weighted by Gasteiger charge is 2.50. The molecule has 0 spiro atoms. The maximum absolute atomic E-state index is 11.9. The SMILES string of the molecule is CC(N)N.CCC(=O)[Si](CC)(C(=O)CC)C(=O)CC. The van der Waals surface area contributed by atoms with Gasteiger partial charge in [-0.3, -0.25) is 0 Å². The molecule has 0 saturated heterocycles. The van der Waals surface area contributed by atoms with E-state index >= 15 is 0 Å². The average Bonchev–Trinajstić information content (AvgIpc) is 2.38. The molecule has 19 heavy (non-hydrogen) atoms. The van der Waals surface area contributed by atoms with E-state index in [2.05, 4.69) is 0 Å². The van der Waals surface area contributed by atoms with Crippen LogP contribution in [0.5, 0.6) is 0 Å². The van der Waals surface area contributed by atoms with E-state index < -0.39 is 8.07 Å². The van der Waals surface area contributed by atoms with Crippen molar-refractivity contribution in [3.63, 3.8) is 0 Å². The van der Waals surface area contributed by atoms with E-state index in [9.17, 15) is 14.4 Å². The lowest BCUT2D eigenvalue weighted by molar-refractivity contribution is -0.119. The van der Waals surface area contributed by atoms with Crippen LogP contribution in [0.2, 0.25) is 6.04 Å². The van der Waals surface area contributed by atoms with E-state index in [1.54, 1.807) is 34.6 Å². The highest BCUT2D eigenvalue weighted by Crippen LogP contribution is 2.19. The number of carbonyl (C=O) groups excluding carboxylic acids is 3. The van der Waals surface area contributed by atoms with Gasteiger partial charge in [0.2, 0.25) is 0 Å². The highest BCUT2D eigenvalue weighted by molar-refractivity contribution is 7.40. The Balaban J connectivity index is 0.